The molecule has 16 heavy (non-hydrogen) atoms. The van der Waals surface area contributed by atoms with Gasteiger partial charge in [0.2, 0.25) is 0 Å². The van der Waals surface area contributed by atoms with Crippen LogP contribution in [0.4, 0.5) is 0 Å². The lowest BCUT2D eigenvalue weighted by Crippen LogP contribution is -2.24. The number of aliphatic carboxylic acids is 1. The molecule has 1 aliphatic rings. The zero-order chi connectivity index (χ0) is 11.4. The Labute approximate surface area is 99.8 Å². The molecule has 0 spiro atoms. The van der Waals surface area contributed by atoms with Crippen LogP contribution >= 0.6 is 11.8 Å². The Kier molecular flexibility index (Phi) is 3.93. The number of carboxylic acids is 1. The lowest BCUT2D eigenvalue weighted by atomic mass is 9.98. The van der Waals surface area contributed by atoms with Gasteiger partial charge < -0.3 is 14.5 Å². The van der Waals surface area contributed by atoms with E-state index in [1.165, 1.54) is 48.7 Å². The molecule has 1 aliphatic carbocycles. The second-order valence-electron chi connectivity index (χ2n) is 4.11. The fraction of sp³-hybridized carbons (Fsp3) is 0.583. The van der Waals surface area contributed by atoms with Gasteiger partial charge in [0.05, 0.1) is 5.97 Å². The van der Waals surface area contributed by atoms with E-state index in [2.05, 4.69) is 16.8 Å². The first-order chi connectivity index (χ1) is 7.77. The van der Waals surface area contributed by atoms with E-state index in [-0.39, 0.29) is 5.75 Å². The first-order valence-corrected chi connectivity index (χ1v) is 6.87. The molecule has 0 radical (unpaired) electrons. The van der Waals surface area contributed by atoms with Crippen molar-refractivity contribution in [3.05, 3.63) is 23.5 Å². The summed E-state index contributed by atoms with van der Waals surface area (Å²) in [5, 5.41) is 10.3. The monoisotopic (exact) mass is 238 g/mol. The van der Waals surface area contributed by atoms with Crippen molar-refractivity contribution in [2.45, 2.75) is 32.2 Å². The Morgan fingerprint density at radius 1 is 1.44 bits per heavy atom. The number of aromatic nitrogens is 1. The summed E-state index contributed by atoms with van der Waals surface area (Å²) in [5.41, 5.74) is 2.94. The molecule has 0 fully saturated rings. The van der Waals surface area contributed by atoms with Gasteiger partial charge in [-0.3, -0.25) is 0 Å². The van der Waals surface area contributed by atoms with Crippen molar-refractivity contribution in [3.63, 3.8) is 0 Å². The number of thioether (sulfide) groups is 1. The van der Waals surface area contributed by atoms with Crippen LogP contribution in [-0.4, -0.2) is 22.0 Å². The van der Waals surface area contributed by atoms with Crippen LogP contribution in [0.5, 0.6) is 0 Å². The zero-order valence-electron chi connectivity index (χ0n) is 9.28. The van der Waals surface area contributed by atoms with Crippen molar-refractivity contribution in [1.29, 1.82) is 0 Å². The second-order valence-corrected chi connectivity index (χ2v) is 5.22. The maximum absolute atomic E-state index is 10.3. The number of rotatable bonds is 5. The van der Waals surface area contributed by atoms with Crippen molar-refractivity contribution in [1.82, 2.24) is 4.57 Å². The van der Waals surface area contributed by atoms with Crippen LogP contribution < -0.4 is 5.11 Å². The fourth-order valence-electron chi connectivity index (χ4n) is 2.22. The van der Waals surface area contributed by atoms with E-state index in [1.807, 2.05) is 0 Å². The molecule has 88 valence electrons. The summed E-state index contributed by atoms with van der Waals surface area (Å²) in [7, 11) is 0. The molecular formula is C12H16NO2S-. The third-order valence-electron chi connectivity index (χ3n) is 2.98. The van der Waals surface area contributed by atoms with Gasteiger partial charge in [0.1, 0.15) is 0 Å². The largest absolute Gasteiger partial charge is 0.549 e. The summed E-state index contributed by atoms with van der Waals surface area (Å²) < 4.78 is 2.27. The van der Waals surface area contributed by atoms with Crippen molar-refractivity contribution >= 4 is 17.7 Å². The first kappa shape index (κ1) is 11.6. The third kappa shape index (κ3) is 2.82. The minimum atomic E-state index is -0.973. The summed E-state index contributed by atoms with van der Waals surface area (Å²) in [4.78, 5) is 10.3. The highest BCUT2D eigenvalue weighted by Gasteiger charge is 2.12. The summed E-state index contributed by atoms with van der Waals surface area (Å²) in [5.74, 6) is -0.0296. The molecule has 0 aromatic carbocycles. The molecule has 1 aromatic heterocycles. The Morgan fingerprint density at radius 2 is 2.25 bits per heavy atom. The topological polar surface area (TPSA) is 45.1 Å². The second kappa shape index (κ2) is 5.43. The lowest BCUT2D eigenvalue weighted by molar-refractivity contribution is -0.301. The van der Waals surface area contributed by atoms with E-state index in [1.54, 1.807) is 0 Å². The molecule has 0 saturated carbocycles. The average molecular weight is 238 g/mol. The number of carbonyl (C=O) groups excluding carboxylic acids is 1. The SMILES string of the molecule is O=C([O-])CSCCn1ccc2c1CCCC2. The minimum Gasteiger partial charge on any atom is -0.549 e. The highest BCUT2D eigenvalue weighted by molar-refractivity contribution is 7.99. The van der Waals surface area contributed by atoms with Gasteiger partial charge in [0.15, 0.2) is 0 Å². The predicted molar refractivity (Wildman–Crippen MR) is 63.4 cm³/mol. The summed E-state index contributed by atoms with van der Waals surface area (Å²) >= 11 is 1.43. The van der Waals surface area contributed by atoms with Crippen LogP contribution in [0.15, 0.2) is 12.3 Å². The van der Waals surface area contributed by atoms with E-state index >= 15 is 0 Å². The number of aryl methyl sites for hydroxylation is 2. The number of carboxylic acid groups (broad SMARTS) is 1. The molecule has 0 atom stereocenters. The van der Waals surface area contributed by atoms with Gasteiger partial charge in [-0.2, -0.15) is 11.8 Å². The molecule has 0 saturated heterocycles. The van der Waals surface area contributed by atoms with Crippen LogP contribution in [0.2, 0.25) is 0 Å². The first-order valence-electron chi connectivity index (χ1n) is 5.72. The van der Waals surface area contributed by atoms with Gasteiger partial charge in [-0.25, -0.2) is 0 Å². The molecule has 2 rings (SSSR count). The fourth-order valence-corrected chi connectivity index (χ4v) is 2.85. The summed E-state index contributed by atoms with van der Waals surface area (Å²) in [6, 6.07) is 2.21. The molecular weight excluding hydrogens is 222 g/mol. The van der Waals surface area contributed by atoms with Crippen LogP contribution in [0.1, 0.15) is 24.1 Å². The van der Waals surface area contributed by atoms with E-state index < -0.39 is 5.97 Å². The van der Waals surface area contributed by atoms with E-state index in [0.717, 1.165) is 12.3 Å². The Morgan fingerprint density at radius 3 is 3.06 bits per heavy atom. The average Bonchev–Trinajstić information content (AvgIpc) is 2.68. The number of carbonyl (C=O) groups is 1. The summed E-state index contributed by atoms with van der Waals surface area (Å²) in [6.07, 6.45) is 7.09. The van der Waals surface area contributed by atoms with Gasteiger partial charge in [-0.05, 0) is 37.3 Å². The van der Waals surface area contributed by atoms with E-state index in [0.29, 0.717) is 0 Å². The van der Waals surface area contributed by atoms with Crippen LogP contribution in [-0.2, 0) is 24.2 Å². The van der Waals surface area contributed by atoms with E-state index in [9.17, 15) is 9.90 Å². The number of hydrogen-bond donors (Lipinski definition) is 0. The highest BCUT2D eigenvalue weighted by Crippen LogP contribution is 2.22. The lowest BCUT2D eigenvalue weighted by Gasteiger charge is -2.15. The van der Waals surface area contributed by atoms with Crippen molar-refractivity contribution in [2.75, 3.05) is 11.5 Å². The zero-order valence-corrected chi connectivity index (χ0v) is 10.1. The maximum atomic E-state index is 10.3. The predicted octanol–water partition coefficient (Wildman–Crippen LogP) is 0.850. The van der Waals surface area contributed by atoms with Crippen molar-refractivity contribution in [3.8, 4) is 0 Å². The molecule has 0 bridgehead atoms. The molecule has 1 heterocycles. The normalized spacial score (nSPS) is 14.8. The Hall–Kier alpha value is -0.900. The quantitative estimate of drug-likeness (QED) is 0.714. The number of fused-ring (bicyclic) bond motifs is 1. The molecule has 0 aliphatic heterocycles. The Bertz CT molecular complexity index is 373. The van der Waals surface area contributed by atoms with E-state index in [4.69, 9.17) is 0 Å². The van der Waals surface area contributed by atoms with Gasteiger partial charge in [0.25, 0.3) is 0 Å². The highest BCUT2D eigenvalue weighted by atomic mass is 32.2. The molecule has 3 nitrogen and oxygen atoms in total. The van der Waals surface area contributed by atoms with Gasteiger partial charge >= 0.3 is 0 Å². The molecule has 1 aromatic rings. The Balaban J connectivity index is 1.85. The minimum absolute atomic E-state index is 0.101. The van der Waals surface area contributed by atoms with Gasteiger partial charge in [-0.15, -0.1) is 0 Å². The molecule has 0 amide bonds. The van der Waals surface area contributed by atoms with Gasteiger partial charge in [0, 0.05) is 29.9 Å². The smallest absolute Gasteiger partial charge is 0.0513 e. The van der Waals surface area contributed by atoms with Crippen LogP contribution in [0.3, 0.4) is 0 Å². The molecule has 4 heteroatoms. The van der Waals surface area contributed by atoms with Crippen LogP contribution in [0.25, 0.3) is 0 Å². The van der Waals surface area contributed by atoms with Crippen molar-refractivity contribution in [2.24, 2.45) is 0 Å². The molecule has 0 N–H and O–H groups in total. The molecule has 0 unspecified atom stereocenters. The van der Waals surface area contributed by atoms with Gasteiger partial charge in [-0.1, -0.05) is 0 Å². The number of nitrogens with zero attached hydrogens (tertiary/aromatic N) is 1. The van der Waals surface area contributed by atoms with Crippen LogP contribution in [0, 0.1) is 0 Å². The standard InChI is InChI=1S/C12H17NO2S/c14-12(15)9-16-8-7-13-6-5-10-3-1-2-4-11(10)13/h5-6H,1-4,7-9H2,(H,14,15)/p-1. The number of hydrogen-bond acceptors (Lipinski definition) is 3. The third-order valence-corrected chi connectivity index (χ3v) is 3.89. The van der Waals surface area contributed by atoms with Crippen molar-refractivity contribution < 1.29 is 9.90 Å². The summed E-state index contributed by atoms with van der Waals surface area (Å²) in [6.45, 7) is 0.910. The maximum Gasteiger partial charge on any atom is 0.0513 e.